The summed E-state index contributed by atoms with van der Waals surface area (Å²) in [6.45, 7) is 1.27. The minimum Gasteiger partial charge on any atom is -0.480 e. The lowest BCUT2D eigenvalue weighted by Gasteiger charge is -2.17. The van der Waals surface area contributed by atoms with Gasteiger partial charge < -0.3 is 15.5 Å². The first-order valence-electron chi connectivity index (χ1n) is 4.99. The Balaban J connectivity index is 2.87. The Morgan fingerprint density at radius 3 is 2.33 bits per heavy atom. The zero-order chi connectivity index (χ0) is 13.9. The number of aliphatic hydroxyl groups is 1. The Labute approximate surface area is 113 Å². The van der Waals surface area contributed by atoms with Crippen molar-refractivity contribution in [1.29, 1.82) is 0 Å². The zero-order valence-electron chi connectivity index (χ0n) is 9.35. The Hall–Kier alpha value is -1.30. The van der Waals surface area contributed by atoms with Crippen molar-refractivity contribution in [3.8, 4) is 0 Å². The first-order chi connectivity index (χ1) is 8.32. The largest absolute Gasteiger partial charge is 0.480 e. The van der Waals surface area contributed by atoms with Crippen molar-refractivity contribution in [2.24, 2.45) is 0 Å². The van der Waals surface area contributed by atoms with Gasteiger partial charge in [0.2, 0.25) is 0 Å². The second-order valence-corrected chi connectivity index (χ2v) is 4.47. The molecule has 5 nitrogen and oxygen atoms in total. The summed E-state index contributed by atoms with van der Waals surface area (Å²) in [5.74, 6) is -1.97. The predicted octanol–water partition coefficient (Wildman–Crippen LogP) is 1.56. The van der Waals surface area contributed by atoms with Crippen molar-refractivity contribution in [3.05, 3.63) is 33.8 Å². The molecule has 18 heavy (non-hydrogen) atoms. The van der Waals surface area contributed by atoms with E-state index in [2.05, 4.69) is 5.32 Å². The van der Waals surface area contributed by atoms with Gasteiger partial charge in [-0.25, -0.2) is 4.79 Å². The lowest BCUT2D eigenvalue weighted by atomic mass is 10.1. The van der Waals surface area contributed by atoms with Crippen LogP contribution in [0.3, 0.4) is 0 Å². The molecule has 0 radical (unpaired) electrons. The number of carboxylic acid groups (broad SMARTS) is 1. The Morgan fingerprint density at radius 2 is 1.89 bits per heavy atom. The molecule has 0 aliphatic heterocycles. The molecule has 0 aliphatic carbocycles. The first kappa shape index (κ1) is 14.8. The number of benzene rings is 1. The fraction of sp³-hybridized carbons (Fsp3) is 0.273. The van der Waals surface area contributed by atoms with Crippen LogP contribution in [0.15, 0.2) is 18.2 Å². The molecule has 0 saturated carbocycles. The van der Waals surface area contributed by atoms with Crippen LogP contribution in [0.4, 0.5) is 0 Å². The summed E-state index contributed by atoms with van der Waals surface area (Å²) in [5.41, 5.74) is 0.163. The molecule has 0 heterocycles. The Kier molecular flexibility index (Phi) is 4.95. The van der Waals surface area contributed by atoms with Crippen LogP contribution in [0.2, 0.25) is 10.0 Å². The van der Waals surface area contributed by atoms with Gasteiger partial charge in [0.15, 0.2) is 6.04 Å². The third-order valence-corrected chi connectivity index (χ3v) is 2.96. The molecule has 1 aromatic carbocycles. The average Bonchev–Trinajstić information content (AvgIpc) is 2.28. The number of amides is 1. The summed E-state index contributed by atoms with van der Waals surface area (Å²) in [4.78, 5) is 22.5. The van der Waals surface area contributed by atoms with Crippen LogP contribution < -0.4 is 5.32 Å². The normalized spacial score (nSPS) is 13.8. The molecule has 0 spiro atoms. The summed E-state index contributed by atoms with van der Waals surface area (Å²) in [6.07, 6.45) is -1.21. The summed E-state index contributed by atoms with van der Waals surface area (Å²) < 4.78 is 0. The van der Waals surface area contributed by atoms with E-state index in [1.807, 2.05) is 0 Å². The van der Waals surface area contributed by atoms with E-state index in [1.165, 1.54) is 25.1 Å². The van der Waals surface area contributed by atoms with Gasteiger partial charge in [-0.3, -0.25) is 4.79 Å². The van der Waals surface area contributed by atoms with Gasteiger partial charge in [0.1, 0.15) is 0 Å². The van der Waals surface area contributed by atoms with Crippen molar-refractivity contribution in [2.45, 2.75) is 19.1 Å². The molecular weight excluding hydrogens is 281 g/mol. The average molecular weight is 292 g/mol. The fourth-order valence-electron chi connectivity index (χ4n) is 1.25. The summed E-state index contributed by atoms with van der Waals surface area (Å²) in [5, 5.41) is 20.7. The molecule has 1 aromatic rings. The van der Waals surface area contributed by atoms with Crippen molar-refractivity contribution < 1.29 is 19.8 Å². The lowest BCUT2D eigenvalue weighted by Crippen LogP contribution is -2.47. The van der Waals surface area contributed by atoms with Gasteiger partial charge in [-0.2, -0.15) is 0 Å². The molecule has 0 aromatic heterocycles. The van der Waals surface area contributed by atoms with Crippen molar-refractivity contribution >= 4 is 35.1 Å². The first-order valence-corrected chi connectivity index (χ1v) is 5.75. The van der Waals surface area contributed by atoms with Crippen LogP contribution in [0.1, 0.15) is 17.3 Å². The highest BCUT2D eigenvalue weighted by Gasteiger charge is 2.25. The van der Waals surface area contributed by atoms with Crippen molar-refractivity contribution in [3.63, 3.8) is 0 Å². The van der Waals surface area contributed by atoms with E-state index in [-0.39, 0.29) is 10.6 Å². The van der Waals surface area contributed by atoms with E-state index in [9.17, 15) is 14.7 Å². The quantitative estimate of drug-likeness (QED) is 0.786. The van der Waals surface area contributed by atoms with Gasteiger partial charge in [-0.05, 0) is 25.1 Å². The summed E-state index contributed by atoms with van der Waals surface area (Å²) >= 11 is 11.4. The van der Waals surface area contributed by atoms with Crippen LogP contribution in [0, 0.1) is 0 Å². The number of carboxylic acids is 1. The third kappa shape index (κ3) is 3.60. The maximum absolute atomic E-state index is 11.7. The van der Waals surface area contributed by atoms with Crippen molar-refractivity contribution in [1.82, 2.24) is 5.32 Å². The second kappa shape index (κ2) is 6.04. The highest BCUT2D eigenvalue weighted by atomic mass is 35.5. The molecule has 3 N–H and O–H groups in total. The summed E-state index contributed by atoms with van der Waals surface area (Å²) in [7, 11) is 0. The minimum atomic E-state index is -1.38. The molecule has 1 amide bonds. The highest BCUT2D eigenvalue weighted by molar-refractivity contribution is 6.42. The molecular formula is C11H11Cl2NO4. The van der Waals surface area contributed by atoms with Crippen LogP contribution in [0.25, 0.3) is 0 Å². The van der Waals surface area contributed by atoms with Gasteiger partial charge in [0, 0.05) is 5.56 Å². The molecule has 1 rings (SSSR count). The van der Waals surface area contributed by atoms with Gasteiger partial charge in [-0.1, -0.05) is 23.2 Å². The number of hydrogen-bond acceptors (Lipinski definition) is 3. The van der Waals surface area contributed by atoms with E-state index < -0.39 is 24.0 Å². The van der Waals surface area contributed by atoms with E-state index in [0.717, 1.165) is 0 Å². The Morgan fingerprint density at radius 1 is 1.28 bits per heavy atom. The van der Waals surface area contributed by atoms with Crippen LogP contribution in [-0.2, 0) is 4.79 Å². The molecule has 0 saturated heterocycles. The lowest BCUT2D eigenvalue weighted by molar-refractivity contribution is -0.141. The number of nitrogens with one attached hydrogen (secondary N) is 1. The minimum absolute atomic E-state index is 0.163. The Bertz CT molecular complexity index is 476. The van der Waals surface area contributed by atoms with Crippen LogP contribution in [0.5, 0.6) is 0 Å². The van der Waals surface area contributed by atoms with E-state index in [0.29, 0.717) is 5.02 Å². The van der Waals surface area contributed by atoms with E-state index >= 15 is 0 Å². The van der Waals surface area contributed by atoms with Gasteiger partial charge >= 0.3 is 5.97 Å². The predicted molar refractivity (Wildman–Crippen MR) is 67.0 cm³/mol. The SMILES string of the molecule is CC(O)C(NC(=O)c1ccc(Cl)c(Cl)c1)C(=O)O. The van der Waals surface area contributed by atoms with E-state index in [1.54, 1.807) is 0 Å². The van der Waals surface area contributed by atoms with Gasteiger partial charge in [0.05, 0.1) is 16.1 Å². The number of aliphatic hydroxyl groups excluding tert-OH is 1. The van der Waals surface area contributed by atoms with E-state index in [4.69, 9.17) is 28.3 Å². The number of rotatable bonds is 4. The smallest absolute Gasteiger partial charge is 0.328 e. The molecule has 2 atom stereocenters. The maximum Gasteiger partial charge on any atom is 0.328 e. The molecule has 7 heteroatoms. The zero-order valence-corrected chi connectivity index (χ0v) is 10.9. The topological polar surface area (TPSA) is 86.6 Å². The van der Waals surface area contributed by atoms with Crippen molar-refractivity contribution in [2.75, 3.05) is 0 Å². The standard InChI is InChI=1S/C11H11Cl2NO4/c1-5(15)9(11(17)18)14-10(16)6-2-3-7(12)8(13)4-6/h2-5,9,15H,1H3,(H,14,16)(H,17,18). The summed E-state index contributed by atoms with van der Waals surface area (Å²) in [6, 6.07) is 2.77. The highest BCUT2D eigenvalue weighted by Crippen LogP contribution is 2.22. The molecule has 0 aliphatic rings. The fourth-order valence-corrected chi connectivity index (χ4v) is 1.55. The number of halogens is 2. The third-order valence-electron chi connectivity index (χ3n) is 2.22. The van der Waals surface area contributed by atoms with Gasteiger partial charge in [-0.15, -0.1) is 0 Å². The second-order valence-electron chi connectivity index (χ2n) is 3.66. The number of carbonyl (C=O) groups excluding carboxylic acids is 1. The molecule has 2 unspecified atom stereocenters. The number of carbonyl (C=O) groups is 2. The number of aliphatic carboxylic acids is 1. The monoisotopic (exact) mass is 291 g/mol. The molecule has 98 valence electrons. The molecule has 0 bridgehead atoms. The van der Waals surface area contributed by atoms with Crippen LogP contribution >= 0.6 is 23.2 Å². The maximum atomic E-state index is 11.7. The van der Waals surface area contributed by atoms with Crippen LogP contribution in [-0.4, -0.2) is 34.2 Å². The number of hydrogen-bond donors (Lipinski definition) is 3. The molecule has 0 fully saturated rings. The van der Waals surface area contributed by atoms with Gasteiger partial charge in [0.25, 0.3) is 5.91 Å².